The summed E-state index contributed by atoms with van der Waals surface area (Å²) in [4.78, 5) is 26.5. The molecule has 0 bridgehead atoms. The number of benzene rings is 2. The summed E-state index contributed by atoms with van der Waals surface area (Å²) in [5, 5.41) is 2.23. The molecule has 1 amide bonds. The number of ketones is 1. The Morgan fingerprint density at radius 2 is 1.64 bits per heavy atom. The van der Waals surface area contributed by atoms with Gasteiger partial charge in [0.1, 0.15) is 0 Å². The molecule has 106 valence electrons. The van der Waals surface area contributed by atoms with Gasteiger partial charge in [-0.15, -0.1) is 11.8 Å². The summed E-state index contributed by atoms with van der Waals surface area (Å²) in [5.74, 6) is 0.199. The number of hydrogen-bond donors (Lipinski definition) is 0. The van der Waals surface area contributed by atoms with Gasteiger partial charge in [0, 0.05) is 16.7 Å². The van der Waals surface area contributed by atoms with Crippen LogP contribution in [0.1, 0.15) is 27.9 Å². The van der Waals surface area contributed by atoms with Gasteiger partial charge in [0.05, 0.1) is 17.5 Å². The first kappa shape index (κ1) is 12.2. The molecule has 0 N–H and O–H groups in total. The van der Waals surface area contributed by atoms with Gasteiger partial charge in [0.15, 0.2) is 5.78 Å². The molecule has 1 fully saturated rings. The van der Waals surface area contributed by atoms with Crippen molar-refractivity contribution >= 4 is 29.1 Å². The molecule has 22 heavy (non-hydrogen) atoms. The van der Waals surface area contributed by atoms with Gasteiger partial charge in [-0.05, 0) is 16.5 Å². The molecule has 3 nitrogen and oxygen atoms in total. The predicted molar refractivity (Wildman–Crippen MR) is 86.1 cm³/mol. The summed E-state index contributed by atoms with van der Waals surface area (Å²) in [7, 11) is 0. The highest BCUT2D eigenvalue weighted by Gasteiger charge is 2.44. The van der Waals surface area contributed by atoms with Crippen LogP contribution in [0.25, 0.3) is 16.8 Å². The summed E-state index contributed by atoms with van der Waals surface area (Å²) in [6, 6.07) is 13.6. The number of fused-ring (bicyclic) bond motifs is 4. The van der Waals surface area contributed by atoms with E-state index in [2.05, 4.69) is 0 Å². The average Bonchev–Trinajstić information content (AvgIpc) is 3.03. The van der Waals surface area contributed by atoms with E-state index in [0.29, 0.717) is 6.42 Å². The zero-order valence-electron chi connectivity index (χ0n) is 11.6. The molecule has 2 aliphatic heterocycles. The van der Waals surface area contributed by atoms with Gasteiger partial charge in [-0.2, -0.15) is 0 Å². The van der Waals surface area contributed by atoms with Crippen LogP contribution in [0.4, 0.5) is 0 Å². The first-order valence-electron chi connectivity index (χ1n) is 7.21. The molecule has 2 aromatic carbocycles. The molecule has 2 heterocycles. The zero-order valence-corrected chi connectivity index (χ0v) is 12.4. The second kappa shape index (κ2) is 4.11. The zero-order chi connectivity index (χ0) is 14.8. The molecule has 0 unspecified atom stereocenters. The van der Waals surface area contributed by atoms with E-state index in [1.54, 1.807) is 11.8 Å². The number of carbonyl (C=O) groups excluding carboxylic acids is 2. The molecule has 1 atom stereocenters. The lowest BCUT2D eigenvalue weighted by Gasteiger charge is -2.36. The maximum atomic E-state index is 12.8. The highest BCUT2D eigenvalue weighted by Crippen LogP contribution is 2.48. The molecule has 0 aromatic heterocycles. The Labute approximate surface area is 131 Å². The number of thioether (sulfide) groups is 1. The standard InChI is InChI=1S/C18H11NO2S/c20-15-8-16-19(15)14(9-22-16)13-7-3-6-11-10-4-1-2-5-12(10)18(21)17(11)13/h1-7,9,16H,8H2/t16-/m0/s1. The summed E-state index contributed by atoms with van der Waals surface area (Å²) in [6.07, 6.45) is 0.591. The van der Waals surface area contributed by atoms with Crippen LogP contribution in [0.5, 0.6) is 0 Å². The van der Waals surface area contributed by atoms with E-state index in [-0.39, 0.29) is 17.1 Å². The fourth-order valence-corrected chi connectivity index (χ4v) is 4.58. The second-order valence-corrected chi connectivity index (χ2v) is 6.72. The van der Waals surface area contributed by atoms with Gasteiger partial charge in [-0.1, -0.05) is 42.5 Å². The summed E-state index contributed by atoms with van der Waals surface area (Å²) >= 11 is 1.66. The lowest BCUT2D eigenvalue weighted by molar-refractivity contribution is -0.136. The van der Waals surface area contributed by atoms with Gasteiger partial charge in [0.2, 0.25) is 5.91 Å². The molecule has 5 rings (SSSR count). The molecule has 0 saturated carbocycles. The number of carbonyl (C=O) groups is 2. The van der Waals surface area contributed by atoms with E-state index < -0.39 is 0 Å². The smallest absolute Gasteiger partial charge is 0.230 e. The molecule has 0 spiro atoms. The van der Waals surface area contributed by atoms with Crippen molar-refractivity contribution in [2.24, 2.45) is 0 Å². The topological polar surface area (TPSA) is 37.4 Å². The minimum Gasteiger partial charge on any atom is -0.298 e. The maximum Gasteiger partial charge on any atom is 0.230 e. The first-order valence-corrected chi connectivity index (χ1v) is 8.15. The summed E-state index contributed by atoms with van der Waals surface area (Å²) in [5.41, 5.74) is 5.20. The number of rotatable bonds is 1. The van der Waals surface area contributed by atoms with Gasteiger partial charge >= 0.3 is 0 Å². The largest absolute Gasteiger partial charge is 0.298 e. The van der Waals surface area contributed by atoms with Crippen molar-refractivity contribution < 1.29 is 9.59 Å². The molecule has 4 heteroatoms. The van der Waals surface area contributed by atoms with Crippen LogP contribution in [0.15, 0.2) is 47.9 Å². The SMILES string of the molecule is O=C1c2ccccc2-c2cccc(C3=CS[C@H]4CC(=O)N34)c21. The molecule has 1 saturated heterocycles. The molecular weight excluding hydrogens is 294 g/mol. The summed E-state index contributed by atoms with van der Waals surface area (Å²) < 4.78 is 0. The second-order valence-electron chi connectivity index (χ2n) is 5.66. The van der Waals surface area contributed by atoms with Crippen molar-refractivity contribution in [3.63, 3.8) is 0 Å². The van der Waals surface area contributed by atoms with Crippen LogP contribution in [0.2, 0.25) is 0 Å². The number of amides is 1. The first-order chi connectivity index (χ1) is 10.8. The fourth-order valence-electron chi connectivity index (χ4n) is 3.46. The summed E-state index contributed by atoms with van der Waals surface area (Å²) in [6.45, 7) is 0. The van der Waals surface area contributed by atoms with E-state index in [4.69, 9.17) is 0 Å². The Hall–Kier alpha value is -2.33. The number of hydrogen-bond acceptors (Lipinski definition) is 3. The van der Waals surface area contributed by atoms with E-state index in [1.807, 2.05) is 52.8 Å². The highest BCUT2D eigenvalue weighted by atomic mass is 32.2. The third-order valence-electron chi connectivity index (χ3n) is 4.53. The van der Waals surface area contributed by atoms with Crippen molar-refractivity contribution in [3.05, 3.63) is 64.6 Å². The lowest BCUT2D eigenvalue weighted by atomic mass is 9.97. The maximum absolute atomic E-state index is 12.8. The van der Waals surface area contributed by atoms with Crippen molar-refractivity contribution in [3.8, 4) is 11.1 Å². The van der Waals surface area contributed by atoms with Crippen LogP contribution in [-0.2, 0) is 4.79 Å². The minimum atomic E-state index is 0.0588. The minimum absolute atomic E-state index is 0.0588. The van der Waals surface area contributed by atoms with E-state index in [9.17, 15) is 9.59 Å². The Kier molecular flexibility index (Phi) is 2.29. The lowest BCUT2D eigenvalue weighted by Crippen LogP contribution is -2.46. The van der Waals surface area contributed by atoms with E-state index in [1.165, 1.54) is 0 Å². The van der Waals surface area contributed by atoms with Crippen LogP contribution in [0, 0.1) is 0 Å². The van der Waals surface area contributed by atoms with Crippen molar-refractivity contribution in [2.75, 3.05) is 0 Å². The van der Waals surface area contributed by atoms with Crippen LogP contribution in [-0.4, -0.2) is 22.0 Å². The normalized spacial score (nSPS) is 21.2. The van der Waals surface area contributed by atoms with Crippen LogP contribution < -0.4 is 0 Å². The molecule has 2 aromatic rings. The van der Waals surface area contributed by atoms with Gasteiger partial charge in [0.25, 0.3) is 0 Å². The van der Waals surface area contributed by atoms with E-state index >= 15 is 0 Å². The van der Waals surface area contributed by atoms with Crippen LogP contribution in [0.3, 0.4) is 0 Å². The Bertz CT molecular complexity index is 900. The average molecular weight is 305 g/mol. The Morgan fingerprint density at radius 1 is 0.909 bits per heavy atom. The van der Waals surface area contributed by atoms with Gasteiger partial charge in [-0.3, -0.25) is 14.5 Å². The third-order valence-corrected chi connectivity index (χ3v) is 5.58. The molecular formula is C18H11NO2S. The van der Waals surface area contributed by atoms with Crippen LogP contribution >= 0.6 is 11.8 Å². The fraction of sp³-hybridized carbons (Fsp3) is 0.111. The monoisotopic (exact) mass is 305 g/mol. The molecule has 0 radical (unpaired) electrons. The van der Waals surface area contributed by atoms with Crippen molar-refractivity contribution in [2.45, 2.75) is 11.8 Å². The molecule has 1 aliphatic carbocycles. The van der Waals surface area contributed by atoms with Gasteiger partial charge < -0.3 is 0 Å². The van der Waals surface area contributed by atoms with Crippen molar-refractivity contribution in [1.29, 1.82) is 0 Å². The quantitative estimate of drug-likeness (QED) is 0.646. The molecule has 3 aliphatic rings. The van der Waals surface area contributed by atoms with E-state index in [0.717, 1.165) is 33.5 Å². The van der Waals surface area contributed by atoms with Crippen molar-refractivity contribution in [1.82, 2.24) is 4.90 Å². The number of nitrogens with zero attached hydrogens (tertiary/aromatic N) is 1. The number of β-lactam (4-membered cyclic amide) rings is 1. The Morgan fingerprint density at radius 3 is 2.45 bits per heavy atom. The predicted octanol–water partition coefficient (Wildman–Crippen LogP) is 3.50. The highest BCUT2D eigenvalue weighted by molar-refractivity contribution is 8.03. The third kappa shape index (κ3) is 1.38. The van der Waals surface area contributed by atoms with Gasteiger partial charge in [-0.25, -0.2) is 0 Å². The Balaban J connectivity index is 1.72.